The van der Waals surface area contributed by atoms with Gasteiger partial charge in [-0.05, 0) is 24.6 Å². The highest BCUT2D eigenvalue weighted by Crippen LogP contribution is 2.34. The third kappa shape index (κ3) is 5.57. The number of alkyl halides is 3. The van der Waals surface area contributed by atoms with Crippen LogP contribution in [-0.4, -0.2) is 37.3 Å². The first-order valence-corrected chi connectivity index (χ1v) is 7.21. The first-order chi connectivity index (χ1) is 9.87. The summed E-state index contributed by atoms with van der Waals surface area (Å²) in [5.74, 6) is -0.509. The fourth-order valence-electron chi connectivity index (χ4n) is 2.60. The second kappa shape index (κ2) is 8.34. The Bertz CT molecular complexity index is 476. The summed E-state index contributed by atoms with van der Waals surface area (Å²) >= 11 is 5.87. The predicted octanol–water partition coefficient (Wildman–Crippen LogP) is 4.19. The fourth-order valence-corrected chi connectivity index (χ4v) is 2.78. The van der Waals surface area contributed by atoms with Crippen LogP contribution in [0, 0.1) is 5.82 Å². The molecule has 0 aliphatic carbocycles. The average Bonchev–Trinajstić information content (AvgIpc) is 2.43. The summed E-state index contributed by atoms with van der Waals surface area (Å²) in [5.41, 5.74) is 0.244. The molecule has 1 N–H and O–H groups in total. The zero-order valence-electron chi connectivity index (χ0n) is 11.8. The van der Waals surface area contributed by atoms with E-state index in [4.69, 9.17) is 11.6 Å². The molecule has 22 heavy (non-hydrogen) atoms. The zero-order chi connectivity index (χ0) is 15.5. The van der Waals surface area contributed by atoms with E-state index >= 15 is 0 Å². The van der Waals surface area contributed by atoms with E-state index in [1.165, 1.54) is 18.2 Å². The van der Waals surface area contributed by atoms with Crippen molar-refractivity contribution in [2.45, 2.75) is 25.1 Å². The van der Waals surface area contributed by atoms with Gasteiger partial charge in [-0.3, -0.25) is 4.90 Å². The van der Waals surface area contributed by atoms with E-state index in [1.54, 1.807) is 0 Å². The number of benzene rings is 1. The van der Waals surface area contributed by atoms with Gasteiger partial charge in [-0.25, -0.2) is 4.39 Å². The van der Waals surface area contributed by atoms with Crippen LogP contribution in [0.5, 0.6) is 0 Å². The molecular formula is C14H18Cl2F4N2. The molecule has 0 bridgehead atoms. The minimum absolute atomic E-state index is 0. The Hall–Kier alpha value is -0.560. The zero-order valence-corrected chi connectivity index (χ0v) is 13.4. The van der Waals surface area contributed by atoms with Crippen LogP contribution in [0.4, 0.5) is 17.6 Å². The van der Waals surface area contributed by atoms with Crippen molar-refractivity contribution >= 4 is 24.0 Å². The van der Waals surface area contributed by atoms with Crippen molar-refractivity contribution in [1.29, 1.82) is 0 Å². The normalized spacial score (nSPS) is 17.9. The lowest BCUT2D eigenvalue weighted by Crippen LogP contribution is -2.45. The van der Waals surface area contributed by atoms with E-state index in [-0.39, 0.29) is 24.4 Å². The fraction of sp³-hybridized carbons (Fsp3) is 0.571. The smallest absolute Gasteiger partial charge is 0.314 e. The molecule has 0 saturated carbocycles. The van der Waals surface area contributed by atoms with Crippen LogP contribution in [0.15, 0.2) is 18.2 Å². The largest absolute Gasteiger partial charge is 0.389 e. The highest BCUT2D eigenvalue weighted by Gasteiger charge is 2.32. The van der Waals surface area contributed by atoms with Gasteiger partial charge in [0.15, 0.2) is 0 Å². The molecule has 8 heteroatoms. The van der Waals surface area contributed by atoms with Crippen molar-refractivity contribution in [2.24, 2.45) is 0 Å². The molecule has 1 atom stereocenters. The van der Waals surface area contributed by atoms with Crippen LogP contribution in [-0.2, 0) is 0 Å². The second-order valence-electron chi connectivity index (χ2n) is 5.12. The molecule has 0 amide bonds. The molecule has 1 aromatic carbocycles. The monoisotopic (exact) mass is 360 g/mol. The SMILES string of the molecule is Cl.Fc1ccc(Cl)cc1[C@H](CCC(F)(F)F)N1CCNCC1. The van der Waals surface area contributed by atoms with Gasteiger partial charge in [-0.1, -0.05) is 11.6 Å². The quantitative estimate of drug-likeness (QED) is 0.809. The number of hydrogen-bond donors (Lipinski definition) is 1. The highest BCUT2D eigenvalue weighted by atomic mass is 35.5. The van der Waals surface area contributed by atoms with E-state index in [0.29, 0.717) is 31.2 Å². The maximum Gasteiger partial charge on any atom is 0.389 e. The van der Waals surface area contributed by atoms with Crippen LogP contribution in [0.1, 0.15) is 24.4 Å². The number of halogens is 6. The number of nitrogens with one attached hydrogen (secondary N) is 1. The second-order valence-corrected chi connectivity index (χ2v) is 5.56. The van der Waals surface area contributed by atoms with Crippen LogP contribution in [0.3, 0.4) is 0 Å². The first-order valence-electron chi connectivity index (χ1n) is 6.83. The van der Waals surface area contributed by atoms with Gasteiger partial charge in [0.2, 0.25) is 0 Å². The molecule has 1 heterocycles. The molecule has 2 nitrogen and oxygen atoms in total. The summed E-state index contributed by atoms with van der Waals surface area (Å²) < 4.78 is 51.6. The van der Waals surface area contributed by atoms with Crippen molar-refractivity contribution < 1.29 is 17.6 Å². The van der Waals surface area contributed by atoms with Gasteiger partial charge in [0, 0.05) is 49.2 Å². The summed E-state index contributed by atoms with van der Waals surface area (Å²) in [4.78, 5) is 1.89. The number of piperazine rings is 1. The van der Waals surface area contributed by atoms with E-state index in [9.17, 15) is 17.6 Å². The van der Waals surface area contributed by atoms with E-state index < -0.39 is 24.5 Å². The molecule has 1 aliphatic rings. The van der Waals surface area contributed by atoms with E-state index in [1.807, 2.05) is 4.90 Å². The van der Waals surface area contributed by atoms with E-state index in [0.717, 1.165) is 0 Å². The molecule has 0 spiro atoms. The molecule has 1 aliphatic heterocycles. The maximum absolute atomic E-state index is 14.0. The third-order valence-corrected chi connectivity index (χ3v) is 3.85. The van der Waals surface area contributed by atoms with Gasteiger partial charge in [0.25, 0.3) is 0 Å². The van der Waals surface area contributed by atoms with Crippen molar-refractivity contribution in [3.05, 3.63) is 34.6 Å². The molecule has 1 aromatic rings. The van der Waals surface area contributed by atoms with Crippen molar-refractivity contribution in [1.82, 2.24) is 10.2 Å². The van der Waals surface area contributed by atoms with Gasteiger partial charge in [-0.2, -0.15) is 13.2 Å². The Kier molecular flexibility index (Phi) is 7.38. The van der Waals surface area contributed by atoms with Crippen molar-refractivity contribution in [2.75, 3.05) is 26.2 Å². The molecule has 126 valence electrons. The van der Waals surface area contributed by atoms with Crippen molar-refractivity contribution in [3.63, 3.8) is 0 Å². The number of nitrogens with zero attached hydrogens (tertiary/aromatic N) is 1. The molecule has 0 radical (unpaired) electrons. The van der Waals surface area contributed by atoms with Gasteiger partial charge in [0.1, 0.15) is 5.82 Å². The standard InChI is InChI=1S/C14H17ClF4N2.ClH/c15-10-1-2-12(16)11(9-10)13(3-4-14(17,18)19)21-7-5-20-6-8-21;/h1-2,9,13,20H,3-8H2;1H/t13-;/m0./s1. The van der Waals surface area contributed by atoms with Crippen LogP contribution in [0.2, 0.25) is 5.02 Å². The maximum atomic E-state index is 14.0. The lowest BCUT2D eigenvalue weighted by Gasteiger charge is -2.35. The number of rotatable bonds is 4. The van der Waals surface area contributed by atoms with Gasteiger partial charge < -0.3 is 5.32 Å². The van der Waals surface area contributed by atoms with Gasteiger partial charge in [0.05, 0.1) is 0 Å². The topological polar surface area (TPSA) is 15.3 Å². The Morgan fingerprint density at radius 1 is 1.23 bits per heavy atom. The number of hydrogen-bond acceptors (Lipinski definition) is 2. The molecule has 2 rings (SSSR count). The molecule has 0 aromatic heterocycles. The summed E-state index contributed by atoms with van der Waals surface area (Å²) in [7, 11) is 0. The lowest BCUT2D eigenvalue weighted by molar-refractivity contribution is -0.138. The minimum Gasteiger partial charge on any atom is -0.314 e. The minimum atomic E-state index is -4.25. The van der Waals surface area contributed by atoms with Gasteiger partial charge >= 0.3 is 6.18 Å². The van der Waals surface area contributed by atoms with Crippen LogP contribution >= 0.6 is 24.0 Å². The lowest BCUT2D eigenvalue weighted by atomic mass is 9.98. The summed E-state index contributed by atoms with van der Waals surface area (Å²) in [5, 5.41) is 3.47. The molecule has 1 saturated heterocycles. The van der Waals surface area contributed by atoms with Crippen molar-refractivity contribution in [3.8, 4) is 0 Å². The Morgan fingerprint density at radius 2 is 1.86 bits per heavy atom. The molecule has 0 unspecified atom stereocenters. The summed E-state index contributed by atoms with van der Waals surface area (Å²) in [6.07, 6.45) is -5.35. The van der Waals surface area contributed by atoms with Crippen LogP contribution in [0.25, 0.3) is 0 Å². The molecule has 1 fully saturated rings. The average molecular weight is 361 g/mol. The first kappa shape index (κ1) is 19.5. The highest BCUT2D eigenvalue weighted by molar-refractivity contribution is 6.30. The summed E-state index contributed by atoms with van der Waals surface area (Å²) in [6.45, 7) is 2.55. The van der Waals surface area contributed by atoms with E-state index in [2.05, 4.69) is 5.32 Å². The summed E-state index contributed by atoms with van der Waals surface area (Å²) in [6, 6.07) is 3.44. The van der Waals surface area contributed by atoms with Crippen LogP contribution < -0.4 is 5.32 Å². The predicted molar refractivity (Wildman–Crippen MR) is 81.1 cm³/mol. The molecular weight excluding hydrogens is 343 g/mol. The third-order valence-electron chi connectivity index (χ3n) is 3.61. The Balaban J connectivity index is 0.00000242. The van der Waals surface area contributed by atoms with Gasteiger partial charge in [-0.15, -0.1) is 12.4 Å². The Labute approximate surface area is 138 Å². The Morgan fingerprint density at radius 3 is 2.45 bits per heavy atom.